The third-order valence-corrected chi connectivity index (χ3v) is 5.37. The van der Waals surface area contributed by atoms with Gasteiger partial charge < -0.3 is 35.1 Å². The number of rotatable bonds is 12. The maximum absolute atomic E-state index is 12.7. The van der Waals surface area contributed by atoms with E-state index in [1.165, 1.54) is 18.9 Å². The van der Waals surface area contributed by atoms with Crippen molar-refractivity contribution in [3.8, 4) is 0 Å². The summed E-state index contributed by atoms with van der Waals surface area (Å²) in [6, 6.07) is 4.93. The number of carbonyl (C=O) groups is 5. The predicted octanol–water partition coefficient (Wildman–Crippen LogP) is 3.20. The number of carbonyl (C=O) groups excluding carboxylic acids is 5. The van der Waals surface area contributed by atoms with Crippen molar-refractivity contribution in [2.24, 2.45) is 5.92 Å². The largest absolute Gasteiger partial charge is 0.469 e. The molecule has 0 spiro atoms. The maximum atomic E-state index is 12.7. The number of hydrogen-bond acceptors (Lipinski definition) is 8. The molecule has 0 radical (unpaired) electrons. The van der Waals surface area contributed by atoms with Crippen LogP contribution in [0.25, 0.3) is 0 Å². The first-order valence-corrected chi connectivity index (χ1v) is 12.8. The van der Waals surface area contributed by atoms with Gasteiger partial charge in [0.25, 0.3) is 0 Å². The zero-order valence-electron chi connectivity index (χ0n) is 24.1. The molecule has 0 aliphatic rings. The highest BCUT2D eigenvalue weighted by Crippen LogP contribution is 2.13. The van der Waals surface area contributed by atoms with Crippen LogP contribution >= 0.6 is 0 Å². The molecule has 4 amide bonds. The molecule has 0 saturated heterocycles. The van der Waals surface area contributed by atoms with E-state index in [0.717, 1.165) is 0 Å². The van der Waals surface area contributed by atoms with Gasteiger partial charge in [-0.05, 0) is 57.7 Å². The third-order valence-electron chi connectivity index (χ3n) is 5.37. The first kappa shape index (κ1) is 33.2. The second-order valence-electron chi connectivity index (χ2n) is 10.4. The van der Waals surface area contributed by atoms with Crippen molar-refractivity contribution in [3.05, 3.63) is 29.8 Å². The van der Waals surface area contributed by atoms with E-state index in [0.29, 0.717) is 24.2 Å². The van der Waals surface area contributed by atoms with Crippen molar-refractivity contribution in [2.75, 3.05) is 26.0 Å². The molecule has 2 unspecified atom stereocenters. The molecule has 12 heteroatoms. The van der Waals surface area contributed by atoms with Gasteiger partial charge in [0.15, 0.2) is 0 Å². The van der Waals surface area contributed by atoms with Gasteiger partial charge in [-0.1, -0.05) is 26.0 Å². The zero-order chi connectivity index (χ0) is 29.8. The van der Waals surface area contributed by atoms with Gasteiger partial charge in [-0.2, -0.15) is 0 Å². The monoisotopic (exact) mass is 550 g/mol. The molecule has 0 aliphatic carbocycles. The number of esters is 1. The number of alkyl carbamates (subject to hydrolysis) is 1. The molecular weight excluding hydrogens is 508 g/mol. The van der Waals surface area contributed by atoms with Crippen LogP contribution in [-0.2, 0) is 35.2 Å². The summed E-state index contributed by atoms with van der Waals surface area (Å²) >= 11 is 0. The Labute approximate surface area is 230 Å². The zero-order valence-corrected chi connectivity index (χ0v) is 24.1. The summed E-state index contributed by atoms with van der Waals surface area (Å²) < 4.78 is 15.1. The van der Waals surface area contributed by atoms with Crippen LogP contribution < -0.4 is 16.0 Å². The van der Waals surface area contributed by atoms with E-state index >= 15 is 0 Å². The summed E-state index contributed by atoms with van der Waals surface area (Å²) in [4.78, 5) is 62.1. The lowest BCUT2D eigenvalue weighted by Crippen LogP contribution is -2.54. The number of nitrogens with one attached hydrogen (secondary N) is 3. The summed E-state index contributed by atoms with van der Waals surface area (Å²) in [5.41, 5.74) is 0.484. The van der Waals surface area contributed by atoms with E-state index in [2.05, 4.69) is 20.7 Å². The van der Waals surface area contributed by atoms with Crippen molar-refractivity contribution < 1.29 is 38.2 Å². The van der Waals surface area contributed by atoms with Crippen LogP contribution in [0.15, 0.2) is 24.3 Å². The molecule has 0 bridgehead atoms. The van der Waals surface area contributed by atoms with E-state index in [1.807, 2.05) is 0 Å². The number of ether oxygens (including phenoxy) is 3. The minimum Gasteiger partial charge on any atom is -0.469 e. The van der Waals surface area contributed by atoms with Crippen molar-refractivity contribution in [1.82, 2.24) is 15.5 Å². The van der Waals surface area contributed by atoms with Gasteiger partial charge in [0.2, 0.25) is 11.8 Å². The van der Waals surface area contributed by atoms with Crippen molar-refractivity contribution >= 4 is 35.7 Å². The molecule has 0 aromatic heterocycles. The molecule has 218 valence electrons. The number of benzene rings is 1. The number of methoxy groups -OCH3 is 1. The van der Waals surface area contributed by atoms with E-state index in [4.69, 9.17) is 9.47 Å². The third kappa shape index (κ3) is 13.0. The average Bonchev–Trinajstić information content (AvgIpc) is 2.84. The smallest absolute Gasteiger partial charge is 0.409 e. The molecule has 2 atom stereocenters. The molecule has 1 aromatic rings. The Hall–Kier alpha value is -3.83. The Balaban J connectivity index is 2.56. The minimum absolute atomic E-state index is 0.0299. The fourth-order valence-corrected chi connectivity index (χ4v) is 3.18. The van der Waals surface area contributed by atoms with Crippen molar-refractivity contribution in [2.45, 2.75) is 78.7 Å². The first-order valence-electron chi connectivity index (χ1n) is 12.8. The molecule has 3 N–H and O–H groups in total. The fourth-order valence-electron chi connectivity index (χ4n) is 3.18. The molecule has 0 aliphatic heterocycles. The predicted molar refractivity (Wildman–Crippen MR) is 145 cm³/mol. The molecule has 0 fully saturated rings. The molecular formula is C27H42N4O8. The van der Waals surface area contributed by atoms with Crippen molar-refractivity contribution in [3.63, 3.8) is 0 Å². The Kier molecular flexibility index (Phi) is 13.2. The van der Waals surface area contributed by atoms with E-state index in [1.54, 1.807) is 65.9 Å². The Morgan fingerprint density at radius 2 is 1.56 bits per heavy atom. The lowest BCUT2D eigenvalue weighted by Gasteiger charge is -2.26. The number of hydrogen-bond donors (Lipinski definition) is 3. The summed E-state index contributed by atoms with van der Waals surface area (Å²) in [7, 11) is 2.89. The molecule has 1 aromatic carbocycles. The first-order chi connectivity index (χ1) is 18.1. The van der Waals surface area contributed by atoms with Gasteiger partial charge in [0, 0.05) is 25.7 Å². The maximum Gasteiger partial charge on any atom is 0.409 e. The van der Waals surface area contributed by atoms with Gasteiger partial charge in [-0.15, -0.1) is 0 Å². The van der Waals surface area contributed by atoms with E-state index in [-0.39, 0.29) is 24.9 Å². The van der Waals surface area contributed by atoms with Crippen LogP contribution in [0.4, 0.5) is 15.3 Å². The molecule has 0 saturated carbocycles. The number of anilines is 1. The highest BCUT2D eigenvalue weighted by molar-refractivity contribution is 5.98. The second kappa shape index (κ2) is 15.6. The summed E-state index contributed by atoms with van der Waals surface area (Å²) in [6.07, 6.45) is -0.568. The highest BCUT2D eigenvalue weighted by Gasteiger charge is 2.29. The van der Waals surface area contributed by atoms with Crippen LogP contribution in [0.2, 0.25) is 0 Å². The van der Waals surface area contributed by atoms with Crippen LogP contribution in [0.1, 0.15) is 59.9 Å². The summed E-state index contributed by atoms with van der Waals surface area (Å²) in [5.74, 6) is -1.54. The minimum atomic E-state index is -0.885. The van der Waals surface area contributed by atoms with Gasteiger partial charge in [0.1, 0.15) is 24.3 Å². The van der Waals surface area contributed by atoms with Crippen LogP contribution in [-0.4, -0.2) is 73.3 Å². The summed E-state index contributed by atoms with van der Waals surface area (Å²) in [5, 5.41) is 7.89. The molecule has 0 heterocycles. The number of nitrogens with zero attached hydrogens (tertiary/aromatic N) is 1. The van der Waals surface area contributed by atoms with Gasteiger partial charge in [-0.25, -0.2) is 9.59 Å². The highest BCUT2D eigenvalue weighted by atomic mass is 16.6. The lowest BCUT2D eigenvalue weighted by atomic mass is 10.0. The van der Waals surface area contributed by atoms with E-state index in [9.17, 15) is 24.0 Å². The molecule has 1 rings (SSSR count). The van der Waals surface area contributed by atoms with Crippen LogP contribution in [0.3, 0.4) is 0 Å². The Morgan fingerprint density at radius 1 is 0.949 bits per heavy atom. The SMILES string of the molecule is COC(=O)CCCN(C)C(=O)OCc1ccc(NC(=O)C(C)NC(=O)C(NC(=O)OC(C)(C)C)C(C)C)cc1. The standard InChI is InChI=1S/C27H42N4O8/c1-17(2)22(30-25(35)39-27(4,5)6)24(34)28-18(3)23(33)29-20-13-11-19(12-14-20)16-38-26(36)31(7)15-9-10-21(32)37-8/h11-14,17-18,22H,9-10,15-16H2,1-8H3,(H,28,34)(H,29,33)(H,30,35). The topological polar surface area (TPSA) is 152 Å². The second-order valence-corrected chi connectivity index (χ2v) is 10.4. The Morgan fingerprint density at radius 3 is 2.10 bits per heavy atom. The number of amides is 4. The van der Waals surface area contributed by atoms with Crippen LogP contribution in [0, 0.1) is 5.92 Å². The fraction of sp³-hybridized carbons (Fsp3) is 0.593. The Bertz CT molecular complexity index is 988. The lowest BCUT2D eigenvalue weighted by molar-refractivity contribution is -0.140. The van der Waals surface area contributed by atoms with Crippen LogP contribution in [0.5, 0.6) is 0 Å². The quantitative estimate of drug-likeness (QED) is 0.265. The molecule has 39 heavy (non-hydrogen) atoms. The van der Waals surface area contributed by atoms with Crippen molar-refractivity contribution in [1.29, 1.82) is 0 Å². The van der Waals surface area contributed by atoms with Gasteiger partial charge in [0.05, 0.1) is 7.11 Å². The summed E-state index contributed by atoms with van der Waals surface area (Å²) in [6.45, 7) is 10.6. The van der Waals surface area contributed by atoms with Gasteiger partial charge >= 0.3 is 18.2 Å². The average molecular weight is 551 g/mol. The molecule has 12 nitrogen and oxygen atoms in total. The van der Waals surface area contributed by atoms with E-state index < -0.39 is 41.7 Å². The normalized spacial score (nSPS) is 12.5. The van der Waals surface area contributed by atoms with Gasteiger partial charge in [-0.3, -0.25) is 14.4 Å².